The van der Waals surface area contributed by atoms with E-state index in [4.69, 9.17) is 5.73 Å². The number of phenolic OH excluding ortho intramolecular Hbond substituents is 1. The fraction of sp³-hybridized carbons (Fsp3) is 0.0714. The largest absolute Gasteiger partial charge is 0.507 e. The smallest absolute Gasteiger partial charge is 0.259 e. The second kappa shape index (κ2) is 5.50. The number of amides is 1. The lowest BCUT2D eigenvalue weighted by Gasteiger charge is -2.12. The minimum atomic E-state index is -0.626. The number of nitrogens with two attached hydrogens (primary N) is 1. The molecule has 0 aliphatic heterocycles. The number of phenols is 1. The van der Waals surface area contributed by atoms with Crippen LogP contribution in [0.2, 0.25) is 0 Å². The van der Waals surface area contributed by atoms with Crippen molar-refractivity contribution in [2.45, 2.75) is 6.92 Å². The van der Waals surface area contributed by atoms with Gasteiger partial charge in [0.15, 0.2) is 0 Å². The molecule has 0 unspecified atom stereocenters. The first-order valence-electron chi connectivity index (χ1n) is 5.74. The lowest BCUT2D eigenvalue weighted by atomic mass is 10.1. The summed E-state index contributed by atoms with van der Waals surface area (Å²) >= 11 is 3.30. The van der Waals surface area contributed by atoms with Crippen LogP contribution in [0.3, 0.4) is 0 Å². The Balaban J connectivity index is 2.35. The quantitative estimate of drug-likeness (QED) is 0.734. The number of aromatic hydroxyl groups is 1. The lowest BCUT2D eigenvalue weighted by molar-refractivity contribution is 0.102. The molecule has 0 saturated heterocycles. The molecular weight excluding hydrogens is 327 g/mol. The highest BCUT2D eigenvalue weighted by molar-refractivity contribution is 9.10. The Morgan fingerprint density at radius 2 is 2.05 bits per heavy atom. The number of nitrogens with one attached hydrogen (secondary N) is 1. The van der Waals surface area contributed by atoms with Gasteiger partial charge in [-0.05, 0) is 42.8 Å². The highest BCUT2D eigenvalue weighted by Gasteiger charge is 2.15. The van der Waals surface area contributed by atoms with Crippen molar-refractivity contribution in [3.8, 4) is 5.75 Å². The minimum Gasteiger partial charge on any atom is -0.507 e. The molecule has 0 spiro atoms. The van der Waals surface area contributed by atoms with Crippen molar-refractivity contribution in [3.63, 3.8) is 0 Å². The highest BCUT2D eigenvalue weighted by atomic mass is 79.9. The monoisotopic (exact) mass is 338 g/mol. The minimum absolute atomic E-state index is 0.147. The highest BCUT2D eigenvalue weighted by Crippen LogP contribution is 2.29. The van der Waals surface area contributed by atoms with Gasteiger partial charge >= 0.3 is 0 Å². The fourth-order valence-electron chi connectivity index (χ4n) is 1.81. The second-order valence-corrected chi connectivity index (χ2v) is 5.22. The Morgan fingerprint density at radius 3 is 2.70 bits per heavy atom. The second-order valence-electron chi connectivity index (χ2n) is 4.30. The number of benzene rings is 2. The van der Waals surface area contributed by atoms with E-state index >= 15 is 0 Å². The molecule has 2 aromatic rings. The molecule has 1 amide bonds. The summed E-state index contributed by atoms with van der Waals surface area (Å²) in [6.45, 7) is 1.78. The normalized spacial score (nSPS) is 10.3. The molecule has 0 fully saturated rings. The summed E-state index contributed by atoms with van der Waals surface area (Å²) in [6.07, 6.45) is 0. The maximum Gasteiger partial charge on any atom is 0.259 e. The molecule has 2 rings (SSSR count). The zero-order valence-corrected chi connectivity index (χ0v) is 12.2. The molecule has 0 saturated carbocycles. The van der Waals surface area contributed by atoms with Crippen LogP contribution in [-0.4, -0.2) is 11.0 Å². The molecule has 2 aromatic carbocycles. The Kier molecular flexibility index (Phi) is 3.94. The van der Waals surface area contributed by atoms with Crippen LogP contribution >= 0.6 is 15.9 Å². The zero-order valence-electron chi connectivity index (χ0n) is 10.6. The Hall–Kier alpha value is -2.08. The summed E-state index contributed by atoms with van der Waals surface area (Å²) < 4.78 is 13.9. The van der Waals surface area contributed by atoms with E-state index in [1.807, 2.05) is 0 Å². The Labute approximate surface area is 123 Å². The third-order valence-electron chi connectivity index (χ3n) is 2.77. The number of rotatable bonds is 2. The van der Waals surface area contributed by atoms with Gasteiger partial charge in [-0.25, -0.2) is 4.39 Å². The summed E-state index contributed by atoms with van der Waals surface area (Å²) in [5.74, 6) is -1.52. The molecule has 6 heteroatoms. The number of anilines is 2. The first-order valence-corrected chi connectivity index (χ1v) is 6.53. The summed E-state index contributed by atoms with van der Waals surface area (Å²) in [5.41, 5.74) is 7.25. The van der Waals surface area contributed by atoms with E-state index in [2.05, 4.69) is 21.2 Å². The number of halogens is 2. The van der Waals surface area contributed by atoms with E-state index in [1.165, 1.54) is 0 Å². The van der Waals surface area contributed by atoms with Crippen LogP contribution in [0.1, 0.15) is 15.9 Å². The van der Waals surface area contributed by atoms with Gasteiger partial charge in [-0.1, -0.05) is 15.9 Å². The van der Waals surface area contributed by atoms with Gasteiger partial charge in [0.2, 0.25) is 0 Å². The maximum absolute atomic E-state index is 13.1. The predicted molar refractivity (Wildman–Crippen MR) is 79.3 cm³/mol. The molecule has 0 heterocycles. The summed E-state index contributed by atoms with van der Waals surface area (Å²) in [7, 11) is 0. The third-order valence-corrected chi connectivity index (χ3v) is 3.23. The molecule has 0 aromatic heterocycles. The lowest BCUT2D eigenvalue weighted by Crippen LogP contribution is -2.14. The Morgan fingerprint density at radius 1 is 1.35 bits per heavy atom. The molecule has 4 nitrogen and oxygen atoms in total. The SMILES string of the molecule is Cc1cc(Br)cc(N)c1NC(=O)c1cc(F)ccc1O. The standard InChI is InChI=1S/C14H12BrFN2O2/c1-7-4-8(15)5-11(17)13(7)18-14(20)10-6-9(16)2-3-12(10)19/h2-6,19H,17H2,1H3,(H,18,20). The topological polar surface area (TPSA) is 75.3 Å². The number of hydrogen-bond donors (Lipinski definition) is 3. The van der Waals surface area contributed by atoms with E-state index in [-0.39, 0.29) is 11.3 Å². The average molecular weight is 339 g/mol. The van der Waals surface area contributed by atoms with Crippen molar-refractivity contribution >= 4 is 33.2 Å². The third kappa shape index (κ3) is 2.91. The molecule has 20 heavy (non-hydrogen) atoms. The van der Waals surface area contributed by atoms with Crippen molar-refractivity contribution in [1.82, 2.24) is 0 Å². The van der Waals surface area contributed by atoms with E-state index in [9.17, 15) is 14.3 Å². The number of aryl methyl sites for hydroxylation is 1. The number of hydrogen-bond acceptors (Lipinski definition) is 3. The zero-order chi connectivity index (χ0) is 14.9. The van der Waals surface area contributed by atoms with Gasteiger partial charge in [-0.15, -0.1) is 0 Å². The molecule has 0 radical (unpaired) electrons. The van der Waals surface area contributed by atoms with E-state index in [1.54, 1.807) is 19.1 Å². The van der Waals surface area contributed by atoms with Crippen molar-refractivity contribution in [2.24, 2.45) is 0 Å². The van der Waals surface area contributed by atoms with Crippen molar-refractivity contribution in [3.05, 3.63) is 51.7 Å². The first-order chi connectivity index (χ1) is 9.38. The molecular formula is C14H12BrFN2O2. The molecule has 104 valence electrons. The fourth-order valence-corrected chi connectivity index (χ4v) is 2.40. The van der Waals surface area contributed by atoms with Crippen LogP contribution in [0.5, 0.6) is 5.75 Å². The summed E-state index contributed by atoms with van der Waals surface area (Å²) in [5, 5.41) is 12.2. The summed E-state index contributed by atoms with van der Waals surface area (Å²) in [4.78, 5) is 12.1. The Bertz CT molecular complexity index is 666. The average Bonchev–Trinajstić information content (AvgIpc) is 2.36. The van der Waals surface area contributed by atoms with Gasteiger partial charge in [-0.2, -0.15) is 0 Å². The van der Waals surface area contributed by atoms with Gasteiger partial charge in [0, 0.05) is 4.47 Å². The molecule has 0 atom stereocenters. The number of carbonyl (C=O) groups excluding carboxylic acids is 1. The van der Waals surface area contributed by atoms with E-state index < -0.39 is 11.7 Å². The van der Waals surface area contributed by atoms with Crippen LogP contribution in [0.4, 0.5) is 15.8 Å². The summed E-state index contributed by atoms with van der Waals surface area (Å²) in [6, 6.07) is 6.61. The number of carbonyl (C=O) groups is 1. The molecule has 0 bridgehead atoms. The predicted octanol–water partition coefficient (Wildman–Crippen LogP) is 3.44. The van der Waals surface area contributed by atoms with Gasteiger partial charge in [0.1, 0.15) is 11.6 Å². The van der Waals surface area contributed by atoms with Crippen molar-refractivity contribution in [1.29, 1.82) is 0 Å². The van der Waals surface area contributed by atoms with E-state index in [0.29, 0.717) is 11.4 Å². The molecule has 0 aliphatic carbocycles. The molecule has 0 aliphatic rings. The van der Waals surface area contributed by atoms with Crippen molar-refractivity contribution in [2.75, 3.05) is 11.1 Å². The maximum atomic E-state index is 13.1. The van der Waals surface area contributed by atoms with Crippen LogP contribution in [0, 0.1) is 12.7 Å². The first kappa shape index (κ1) is 14.3. The van der Waals surface area contributed by atoms with Gasteiger partial charge in [-0.3, -0.25) is 4.79 Å². The van der Waals surface area contributed by atoms with Gasteiger partial charge in [0.25, 0.3) is 5.91 Å². The van der Waals surface area contributed by atoms with Crippen LogP contribution in [0.25, 0.3) is 0 Å². The van der Waals surface area contributed by atoms with Crippen LogP contribution < -0.4 is 11.1 Å². The van der Waals surface area contributed by atoms with E-state index in [0.717, 1.165) is 28.2 Å². The van der Waals surface area contributed by atoms with Crippen molar-refractivity contribution < 1.29 is 14.3 Å². The van der Waals surface area contributed by atoms with Crippen LogP contribution in [0.15, 0.2) is 34.8 Å². The molecule has 4 N–H and O–H groups in total. The van der Waals surface area contributed by atoms with Crippen LogP contribution in [-0.2, 0) is 0 Å². The van der Waals surface area contributed by atoms with Gasteiger partial charge < -0.3 is 16.2 Å². The van der Waals surface area contributed by atoms with Gasteiger partial charge in [0.05, 0.1) is 16.9 Å². The number of nitrogen functional groups attached to an aromatic ring is 1.